The summed E-state index contributed by atoms with van der Waals surface area (Å²) in [6.07, 6.45) is 9.17. The number of nitrogens with zero attached hydrogens (tertiary/aromatic N) is 1. The normalized spacial score (nSPS) is 12.8. The van der Waals surface area contributed by atoms with Gasteiger partial charge in [0, 0.05) is 31.1 Å². The Morgan fingerprint density at radius 3 is 2.49 bits per heavy atom. The van der Waals surface area contributed by atoms with Crippen LogP contribution in [-0.2, 0) is 24.3 Å². The summed E-state index contributed by atoms with van der Waals surface area (Å²) in [4.78, 5) is 27.1. The Morgan fingerprint density at radius 2 is 1.76 bits per heavy atom. The summed E-state index contributed by atoms with van der Waals surface area (Å²) in [5, 5.41) is 11.5. The fraction of sp³-hybridized carbons (Fsp3) is 0.267. The molecule has 192 valence electrons. The molecule has 0 aliphatic heterocycles. The molecule has 0 fully saturated rings. The first-order valence-electron chi connectivity index (χ1n) is 12.5. The van der Waals surface area contributed by atoms with Gasteiger partial charge < -0.3 is 15.2 Å². The molecule has 3 aromatic rings. The second-order valence-electron chi connectivity index (χ2n) is 8.94. The minimum atomic E-state index is -0.927. The average Bonchev–Trinajstić information content (AvgIpc) is 3.38. The summed E-state index contributed by atoms with van der Waals surface area (Å²) < 4.78 is 5.97. The SMILES string of the molecule is O=C(O)CCNC(=O)c1ccc(CN(CCc2ccccc2)Cc2ccc(OC3=CCCC=C3)cc2)s1. The second-order valence-corrected chi connectivity index (χ2v) is 10.1. The second kappa shape index (κ2) is 13.6. The van der Waals surface area contributed by atoms with Crippen molar-refractivity contribution in [3.8, 4) is 5.75 Å². The molecule has 0 saturated heterocycles. The predicted octanol–water partition coefficient (Wildman–Crippen LogP) is 5.81. The maximum atomic E-state index is 12.4. The number of hydrogen-bond acceptors (Lipinski definition) is 5. The molecule has 2 aromatic carbocycles. The van der Waals surface area contributed by atoms with Crippen LogP contribution in [0.15, 0.2) is 90.7 Å². The van der Waals surface area contributed by atoms with E-state index in [4.69, 9.17) is 9.84 Å². The van der Waals surface area contributed by atoms with Crippen LogP contribution in [-0.4, -0.2) is 35.0 Å². The Kier molecular flexibility index (Phi) is 9.68. The molecule has 1 aliphatic rings. The summed E-state index contributed by atoms with van der Waals surface area (Å²) in [7, 11) is 0. The average molecular weight is 517 g/mol. The number of benzene rings is 2. The van der Waals surface area contributed by atoms with Crippen molar-refractivity contribution in [2.75, 3.05) is 13.1 Å². The van der Waals surface area contributed by atoms with Gasteiger partial charge in [-0.3, -0.25) is 14.5 Å². The van der Waals surface area contributed by atoms with Crippen LogP contribution >= 0.6 is 11.3 Å². The minimum Gasteiger partial charge on any atom is -0.481 e. The molecular formula is C30H32N2O4S. The van der Waals surface area contributed by atoms with E-state index in [9.17, 15) is 9.59 Å². The fourth-order valence-electron chi connectivity index (χ4n) is 4.04. The van der Waals surface area contributed by atoms with E-state index in [0.29, 0.717) is 4.88 Å². The number of amides is 1. The minimum absolute atomic E-state index is 0.0879. The lowest BCUT2D eigenvalue weighted by atomic mass is 10.1. The van der Waals surface area contributed by atoms with Crippen LogP contribution in [0.1, 0.15) is 44.9 Å². The van der Waals surface area contributed by atoms with Crippen LogP contribution in [0.2, 0.25) is 0 Å². The molecule has 0 radical (unpaired) electrons. The van der Waals surface area contributed by atoms with Gasteiger partial charge in [-0.15, -0.1) is 11.3 Å². The van der Waals surface area contributed by atoms with Crippen LogP contribution < -0.4 is 10.1 Å². The standard InChI is InChI=1S/C30H32N2O4S/c33-29(34)17-19-31-30(35)28-16-15-27(37-28)22-32(20-18-23-7-3-1-4-8-23)21-24-11-13-26(14-12-24)36-25-9-5-2-6-10-25/h1,3-5,7-16H,2,6,17-22H2,(H,31,35)(H,33,34). The molecule has 2 N–H and O–H groups in total. The zero-order chi connectivity index (χ0) is 25.9. The van der Waals surface area contributed by atoms with E-state index < -0.39 is 5.97 Å². The van der Waals surface area contributed by atoms with Gasteiger partial charge in [0.25, 0.3) is 5.91 Å². The Hall–Kier alpha value is -3.68. The van der Waals surface area contributed by atoms with Gasteiger partial charge in [-0.05, 0) is 66.8 Å². The van der Waals surface area contributed by atoms with Gasteiger partial charge in [0.05, 0.1) is 11.3 Å². The van der Waals surface area contributed by atoms with E-state index in [1.54, 1.807) is 0 Å². The monoisotopic (exact) mass is 516 g/mol. The molecule has 0 spiro atoms. The number of aliphatic carboxylic acids is 1. The molecule has 7 heteroatoms. The highest BCUT2D eigenvalue weighted by Gasteiger charge is 2.13. The fourth-order valence-corrected chi connectivity index (χ4v) is 5.01. The zero-order valence-corrected chi connectivity index (χ0v) is 21.6. The number of hydrogen-bond donors (Lipinski definition) is 2. The molecule has 1 aliphatic carbocycles. The van der Waals surface area contributed by atoms with Gasteiger partial charge in [-0.1, -0.05) is 48.5 Å². The van der Waals surface area contributed by atoms with Crippen molar-refractivity contribution in [1.82, 2.24) is 10.2 Å². The van der Waals surface area contributed by atoms with E-state index in [-0.39, 0.29) is 18.9 Å². The number of thiophene rings is 1. The maximum absolute atomic E-state index is 12.4. The molecule has 6 nitrogen and oxygen atoms in total. The Labute approximate surface area is 221 Å². The van der Waals surface area contributed by atoms with Crippen molar-refractivity contribution in [1.29, 1.82) is 0 Å². The third-order valence-electron chi connectivity index (χ3n) is 5.98. The first kappa shape index (κ1) is 26.4. The molecule has 1 heterocycles. The number of carboxylic acid groups (broad SMARTS) is 1. The molecule has 1 aromatic heterocycles. The van der Waals surface area contributed by atoms with Gasteiger partial charge in [0.2, 0.25) is 0 Å². The largest absolute Gasteiger partial charge is 0.481 e. The van der Waals surface area contributed by atoms with E-state index >= 15 is 0 Å². The molecule has 37 heavy (non-hydrogen) atoms. The van der Waals surface area contributed by atoms with Crippen molar-refractivity contribution >= 4 is 23.2 Å². The third-order valence-corrected chi connectivity index (χ3v) is 7.04. The van der Waals surface area contributed by atoms with Gasteiger partial charge in [0.1, 0.15) is 11.5 Å². The van der Waals surface area contributed by atoms with Crippen molar-refractivity contribution in [2.24, 2.45) is 0 Å². The number of carbonyl (C=O) groups excluding carboxylic acids is 1. The lowest BCUT2D eigenvalue weighted by Gasteiger charge is -2.22. The number of ether oxygens (including phenoxy) is 1. The molecule has 0 bridgehead atoms. The summed E-state index contributed by atoms with van der Waals surface area (Å²) in [6.45, 7) is 2.49. The van der Waals surface area contributed by atoms with Gasteiger partial charge >= 0.3 is 5.97 Å². The van der Waals surface area contributed by atoms with Crippen molar-refractivity contribution < 1.29 is 19.4 Å². The molecule has 1 amide bonds. The lowest BCUT2D eigenvalue weighted by Crippen LogP contribution is -2.25. The first-order chi connectivity index (χ1) is 18.0. The summed E-state index contributed by atoms with van der Waals surface area (Å²) in [5.74, 6) is 0.564. The van der Waals surface area contributed by atoms with Crippen LogP contribution in [0.4, 0.5) is 0 Å². The predicted molar refractivity (Wildman–Crippen MR) is 147 cm³/mol. The van der Waals surface area contributed by atoms with E-state index in [1.807, 2.05) is 36.4 Å². The van der Waals surface area contributed by atoms with Crippen molar-refractivity contribution in [3.05, 3.63) is 112 Å². The number of carbonyl (C=O) groups is 2. The molecule has 0 atom stereocenters. The third kappa shape index (κ3) is 8.74. The molecule has 0 unspecified atom stereocenters. The summed E-state index contributed by atoms with van der Waals surface area (Å²) in [6, 6.07) is 22.5. The summed E-state index contributed by atoms with van der Waals surface area (Å²) in [5.41, 5.74) is 2.48. The van der Waals surface area contributed by atoms with Crippen LogP contribution in [0.3, 0.4) is 0 Å². The number of carboxylic acids is 1. The number of rotatable bonds is 13. The van der Waals surface area contributed by atoms with Crippen LogP contribution in [0.25, 0.3) is 0 Å². The highest BCUT2D eigenvalue weighted by molar-refractivity contribution is 7.14. The number of allylic oxidation sites excluding steroid dienone is 3. The Bertz CT molecular complexity index is 1230. The van der Waals surface area contributed by atoms with Crippen LogP contribution in [0.5, 0.6) is 5.75 Å². The van der Waals surface area contributed by atoms with Crippen LogP contribution in [0, 0.1) is 0 Å². The van der Waals surface area contributed by atoms with E-state index in [2.05, 4.69) is 58.8 Å². The molecule has 0 saturated carbocycles. The van der Waals surface area contributed by atoms with Crippen molar-refractivity contribution in [3.63, 3.8) is 0 Å². The summed E-state index contributed by atoms with van der Waals surface area (Å²) >= 11 is 1.45. The molecule has 4 rings (SSSR count). The highest BCUT2D eigenvalue weighted by atomic mass is 32.1. The quantitative estimate of drug-likeness (QED) is 0.300. The zero-order valence-electron chi connectivity index (χ0n) is 20.8. The van der Waals surface area contributed by atoms with E-state index in [1.165, 1.54) is 22.5 Å². The highest BCUT2D eigenvalue weighted by Crippen LogP contribution is 2.22. The molecular weight excluding hydrogens is 484 g/mol. The van der Waals surface area contributed by atoms with E-state index in [0.717, 1.165) is 55.3 Å². The van der Waals surface area contributed by atoms with Gasteiger partial charge in [-0.25, -0.2) is 0 Å². The topological polar surface area (TPSA) is 78.9 Å². The number of nitrogens with one attached hydrogen (secondary N) is 1. The lowest BCUT2D eigenvalue weighted by molar-refractivity contribution is -0.136. The maximum Gasteiger partial charge on any atom is 0.305 e. The first-order valence-corrected chi connectivity index (χ1v) is 13.4. The smallest absolute Gasteiger partial charge is 0.305 e. The Morgan fingerprint density at radius 1 is 0.946 bits per heavy atom. The van der Waals surface area contributed by atoms with Gasteiger partial charge in [-0.2, -0.15) is 0 Å². The Balaban J connectivity index is 1.39. The van der Waals surface area contributed by atoms with Gasteiger partial charge in [0.15, 0.2) is 0 Å². The van der Waals surface area contributed by atoms with Crippen molar-refractivity contribution in [2.45, 2.75) is 38.8 Å².